The third kappa shape index (κ3) is 4.13. The Morgan fingerprint density at radius 1 is 1.38 bits per heavy atom. The fourth-order valence-electron chi connectivity index (χ4n) is 2.83. The maximum Gasteiger partial charge on any atom is 0.323 e. The van der Waals surface area contributed by atoms with Crippen molar-refractivity contribution in [1.29, 1.82) is 0 Å². The number of likely N-dealkylation sites (tertiary alicyclic amines) is 1. The number of pyridine rings is 1. The highest BCUT2D eigenvalue weighted by Crippen LogP contribution is 2.25. The zero-order valence-corrected chi connectivity index (χ0v) is 15.1. The van der Waals surface area contributed by atoms with E-state index in [2.05, 4.69) is 38.4 Å². The third-order valence-electron chi connectivity index (χ3n) is 4.08. The standard InChI is InChI=1S/C18H20BrN3O2/c1-24-12-13-6-7-20-17(9-13)21-18(23)22-10-14(11-22)8-15-4-2-3-5-16(15)19/h2-7,9,14H,8,10-12H2,1H3,(H,20,21,23). The Morgan fingerprint density at radius 2 is 2.17 bits per heavy atom. The second kappa shape index (κ2) is 7.77. The molecule has 1 aliphatic rings. The minimum atomic E-state index is -0.0968. The lowest BCUT2D eigenvalue weighted by Crippen LogP contribution is -2.52. The molecule has 2 aromatic rings. The Hall–Kier alpha value is -1.92. The molecule has 24 heavy (non-hydrogen) atoms. The molecule has 2 heterocycles. The molecule has 0 aliphatic carbocycles. The molecule has 0 atom stereocenters. The number of carbonyl (C=O) groups excluding carboxylic acids is 1. The third-order valence-corrected chi connectivity index (χ3v) is 4.85. The fourth-order valence-corrected chi connectivity index (χ4v) is 3.27. The van der Waals surface area contributed by atoms with Gasteiger partial charge < -0.3 is 9.64 Å². The van der Waals surface area contributed by atoms with Gasteiger partial charge in [0.15, 0.2) is 0 Å². The largest absolute Gasteiger partial charge is 0.380 e. The van der Waals surface area contributed by atoms with Crippen LogP contribution in [0.4, 0.5) is 10.6 Å². The minimum absolute atomic E-state index is 0.0968. The molecule has 0 saturated carbocycles. The van der Waals surface area contributed by atoms with Crippen molar-refractivity contribution in [3.8, 4) is 0 Å². The Balaban J connectivity index is 1.50. The second-order valence-electron chi connectivity index (χ2n) is 5.98. The molecule has 1 fully saturated rings. The summed E-state index contributed by atoms with van der Waals surface area (Å²) in [6, 6.07) is 11.8. The van der Waals surface area contributed by atoms with Crippen LogP contribution < -0.4 is 5.32 Å². The maximum absolute atomic E-state index is 12.3. The van der Waals surface area contributed by atoms with Crippen molar-refractivity contribution in [2.24, 2.45) is 5.92 Å². The van der Waals surface area contributed by atoms with Crippen LogP contribution >= 0.6 is 15.9 Å². The van der Waals surface area contributed by atoms with E-state index >= 15 is 0 Å². The number of urea groups is 1. The van der Waals surface area contributed by atoms with Crippen LogP contribution in [0.1, 0.15) is 11.1 Å². The number of hydrogen-bond donors (Lipinski definition) is 1. The highest BCUT2D eigenvalue weighted by molar-refractivity contribution is 9.10. The quantitative estimate of drug-likeness (QED) is 0.847. The number of methoxy groups -OCH3 is 1. The van der Waals surface area contributed by atoms with Crippen molar-refractivity contribution < 1.29 is 9.53 Å². The van der Waals surface area contributed by atoms with Crippen molar-refractivity contribution in [3.05, 3.63) is 58.2 Å². The minimum Gasteiger partial charge on any atom is -0.380 e. The van der Waals surface area contributed by atoms with E-state index in [-0.39, 0.29) is 6.03 Å². The molecule has 0 bridgehead atoms. The maximum atomic E-state index is 12.3. The van der Waals surface area contributed by atoms with E-state index in [9.17, 15) is 4.79 Å². The van der Waals surface area contributed by atoms with Gasteiger partial charge >= 0.3 is 6.03 Å². The summed E-state index contributed by atoms with van der Waals surface area (Å²) in [5.74, 6) is 1.06. The Labute approximate surface area is 150 Å². The van der Waals surface area contributed by atoms with Crippen LogP contribution in [0.15, 0.2) is 47.1 Å². The van der Waals surface area contributed by atoms with Gasteiger partial charge in [0.25, 0.3) is 0 Å². The van der Waals surface area contributed by atoms with E-state index in [1.807, 2.05) is 29.2 Å². The first-order chi connectivity index (χ1) is 11.7. The summed E-state index contributed by atoms with van der Waals surface area (Å²) >= 11 is 3.57. The van der Waals surface area contributed by atoms with Crippen molar-refractivity contribution in [2.45, 2.75) is 13.0 Å². The summed E-state index contributed by atoms with van der Waals surface area (Å²) in [6.07, 6.45) is 2.66. The zero-order valence-electron chi connectivity index (χ0n) is 13.5. The van der Waals surface area contributed by atoms with Gasteiger partial charge in [-0.15, -0.1) is 0 Å². The zero-order chi connectivity index (χ0) is 16.9. The molecule has 1 aromatic heterocycles. The number of nitrogens with zero attached hydrogens (tertiary/aromatic N) is 2. The molecule has 2 amide bonds. The lowest BCUT2D eigenvalue weighted by molar-refractivity contribution is 0.131. The highest BCUT2D eigenvalue weighted by Gasteiger charge is 2.31. The van der Waals surface area contributed by atoms with Gasteiger partial charge in [-0.3, -0.25) is 5.32 Å². The number of ether oxygens (including phenoxy) is 1. The van der Waals surface area contributed by atoms with Crippen LogP contribution in [-0.2, 0) is 17.8 Å². The smallest absolute Gasteiger partial charge is 0.323 e. The summed E-state index contributed by atoms with van der Waals surface area (Å²) in [4.78, 5) is 18.3. The molecular formula is C18H20BrN3O2. The van der Waals surface area contributed by atoms with Crippen molar-refractivity contribution in [2.75, 3.05) is 25.5 Å². The first kappa shape index (κ1) is 16.9. The molecule has 126 valence electrons. The number of nitrogens with one attached hydrogen (secondary N) is 1. The van der Waals surface area contributed by atoms with Gasteiger partial charge in [-0.1, -0.05) is 34.1 Å². The van der Waals surface area contributed by atoms with Crippen LogP contribution in [0, 0.1) is 5.92 Å². The number of rotatable bonds is 5. The van der Waals surface area contributed by atoms with Crippen LogP contribution in [0.3, 0.4) is 0 Å². The van der Waals surface area contributed by atoms with Gasteiger partial charge in [0.2, 0.25) is 0 Å². The molecule has 6 heteroatoms. The first-order valence-corrected chi connectivity index (χ1v) is 8.68. The van der Waals surface area contributed by atoms with E-state index in [1.54, 1.807) is 13.3 Å². The van der Waals surface area contributed by atoms with Crippen LogP contribution in [-0.4, -0.2) is 36.1 Å². The number of halogens is 1. The average Bonchev–Trinajstić information content (AvgIpc) is 2.52. The Morgan fingerprint density at radius 3 is 2.92 bits per heavy atom. The lowest BCUT2D eigenvalue weighted by Gasteiger charge is -2.39. The van der Waals surface area contributed by atoms with Gasteiger partial charge in [0, 0.05) is 30.9 Å². The van der Waals surface area contributed by atoms with Gasteiger partial charge in [-0.05, 0) is 41.7 Å². The fraction of sp³-hybridized carbons (Fsp3) is 0.333. The normalized spacial score (nSPS) is 14.3. The van der Waals surface area contributed by atoms with Crippen LogP contribution in [0.5, 0.6) is 0 Å². The summed E-state index contributed by atoms with van der Waals surface area (Å²) < 4.78 is 6.22. The van der Waals surface area contributed by atoms with Crippen LogP contribution in [0.25, 0.3) is 0 Å². The molecule has 5 nitrogen and oxygen atoms in total. The number of anilines is 1. The summed E-state index contributed by atoms with van der Waals surface area (Å²) in [7, 11) is 1.64. The number of carbonyl (C=O) groups is 1. The lowest BCUT2D eigenvalue weighted by atomic mass is 9.92. The summed E-state index contributed by atoms with van der Waals surface area (Å²) in [5, 5.41) is 2.85. The molecule has 1 N–H and O–H groups in total. The number of aromatic nitrogens is 1. The molecule has 0 spiro atoms. The molecule has 0 unspecified atom stereocenters. The highest BCUT2D eigenvalue weighted by atomic mass is 79.9. The van der Waals surface area contributed by atoms with E-state index in [1.165, 1.54) is 5.56 Å². The monoisotopic (exact) mass is 389 g/mol. The number of amides is 2. The van der Waals surface area contributed by atoms with Crippen molar-refractivity contribution >= 4 is 27.8 Å². The molecule has 3 rings (SSSR count). The van der Waals surface area contributed by atoms with Gasteiger partial charge in [-0.2, -0.15) is 0 Å². The first-order valence-electron chi connectivity index (χ1n) is 7.89. The van der Waals surface area contributed by atoms with E-state index in [0.29, 0.717) is 18.3 Å². The summed E-state index contributed by atoms with van der Waals surface area (Å²) in [6.45, 7) is 2.04. The summed E-state index contributed by atoms with van der Waals surface area (Å²) in [5.41, 5.74) is 2.27. The topological polar surface area (TPSA) is 54.5 Å². The predicted molar refractivity (Wildman–Crippen MR) is 96.9 cm³/mol. The van der Waals surface area contributed by atoms with Gasteiger partial charge in [0.1, 0.15) is 5.82 Å². The molecule has 1 saturated heterocycles. The predicted octanol–water partition coefficient (Wildman–Crippen LogP) is 3.70. The Bertz CT molecular complexity index is 717. The SMILES string of the molecule is COCc1ccnc(NC(=O)N2CC(Cc3ccccc3Br)C2)c1. The van der Waals surface area contributed by atoms with Crippen molar-refractivity contribution in [3.63, 3.8) is 0 Å². The van der Waals surface area contributed by atoms with E-state index < -0.39 is 0 Å². The van der Waals surface area contributed by atoms with Gasteiger partial charge in [-0.25, -0.2) is 9.78 Å². The van der Waals surface area contributed by atoms with Crippen LogP contribution in [0.2, 0.25) is 0 Å². The molecule has 1 aromatic carbocycles. The molecule has 1 aliphatic heterocycles. The van der Waals surface area contributed by atoms with E-state index in [4.69, 9.17) is 4.74 Å². The second-order valence-corrected chi connectivity index (χ2v) is 6.83. The van der Waals surface area contributed by atoms with Crippen molar-refractivity contribution in [1.82, 2.24) is 9.88 Å². The Kier molecular flexibility index (Phi) is 5.48. The average molecular weight is 390 g/mol. The van der Waals surface area contributed by atoms with E-state index in [0.717, 1.165) is 29.5 Å². The molecule has 0 radical (unpaired) electrons. The van der Waals surface area contributed by atoms with Gasteiger partial charge in [0.05, 0.1) is 6.61 Å². The number of hydrogen-bond acceptors (Lipinski definition) is 3. The molecular weight excluding hydrogens is 370 g/mol. The number of benzene rings is 1.